The number of aliphatic hydroxyl groups excluding tert-OH is 20. The van der Waals surface area contributed by atoms with E-state index in [1.54, 1.807) is 0 Å². The molecule has 0 amide bonds. The van der Waals surface area contributed by atoms with E-state index in [0.29, 0.717) is 0 Å². The van der Waals surface area contributed by atoms with Crippen molar-refractivity contribution in [1.29, 1.82) is 0 Å². The van der Waals surface area contributed by atoms with Gasteiger partial charge in [-0.1, -0.05) is 0 Å². The summed E-state index contributed by atoms with van der Waals surface area (Å²) >= 11 is 0. The van der Waals surface area contributed by atoms with Crippen molar-refractivity contribution in [2.45, 2.75) is 191 Å². The molecule has 30 heteroatoms. The molecule has 67 heavy (non-hydrogen) atoms. The molecule has 0 aromatic rings. The fraction of sp³-hybridized carbons (Fsp3) is 1.00. The van der Waals surface area contributed by atoms with Crippen molar-refractivity contribution in [3.05, 3.63) is 0 Å². The van der Waals surface area contributed by atoms with Crippen LogP contribution in [0.3, 0.4) is 0 Å². The molecule has 6 fully saturated rings. The number of hydrogen-bond acceptors (Lipinski definition) is 30. The smallest absolute Gasteiger partial charge is 0.187 e. The minimum Gasteiger partial charge on any atom is -0.396 e. The number of aliphatic hydroxyl groups is 20. The minimum atomic E-state index is -2.15. The van der Waals surface area contributed by atoms with Gasteiger partial charge < -0.3 is 150 Å². The van der Waals surface area contributed by atoms with Crippen LogP contribution in [0.15, 0.2) is 0 Å². The molecule has 0 aromatic heterocycles. The maximum absolute atomic E-state index is 11.2. The molecule has 1 unspecified atom stereocenters. The third-order valence-electron chi connectivity index (χ3n) is 13.2. The van der Waals surface area contributed by atoms with Crippen molar-refractivity contribution in [1.82, 2.24) is 5.32 Å². The molecular formula is C37H65NO29. The van der Waals surface area contributed by atoms with E-state index < -0.39 is 223 Å². The first-order valence-corrected chi connectivity index (χ1v) is 21.6. The molecule has 6 aliphatic rings. The van der Waals surface area contributed by atoms with Gasteiger partial charge in [-0.3, -0.25) is 0 Å². The van der Waals surface area contributed by atoms with Crippen molar-refractivity contribution in [3.63, 3.8) is 0 Å². The molecule has 6 rings (SSSR count). The molecule has 5 aliphatic heterocycles. The first-order valence-electron chi connectivity index (χ1n) is 21.6. The Morgan fingerprint density at radius 3 is 1.03 bits per heavy atom. The van der Waals surface area contributed by atoms with Crippen molar-refractivity contribution < 1.29 is 145 Å². The SMILES string of the molecule is C[C@H]1O[C@H](O[C@H]2[C@H](O)[C@@H](O)[C@@H](O[C@H]3[C@H](O)[C@@H](O)[C@@H](O[C@H]4[C@H](O)[C@@H](O)[C@@H](O[C@H]5[C@H](O)[C@@H](O)C(O)O[C@@H]5CO)O[C@@H]4CO)O[C@@H]3CO)O[C@@H]2CO)[C@H](O)[C@@H](O)[C@@H]1N[C@@H]1[C@H](O)[C@@H](O)[C@H](O)[C@@H](CO)[C@H]1O. The molecule has 1 saturated carbocycles. The summed E-state index contributed by atoms with van der Waals surface area (Å²) in [6, 6.07) is -2.76. The second kappa shape index (κ2) is 23.1. The highest BCUT2D eigenvalue weighted by atomic mass is 16.8. The van der Waals surface area contributed by atoms with Crippen molar-refractivity contribution in [2.24, 2.45) is 5.92 Å². The Balaban J connectivity index is 1.06. The van der Waals surface area contributed by atoms with Gasteiger partial charge in [-0.25, -0.2) is 0 Å². The molecule has 0 aromatic carbocycles. The van der Waals surface area contributed by atoms with Gasteiger partial charge in [0.25, 0.3) is 0 Å². The lowest BCUT2D eigenvalue weighted by Crippen LogP contribution is -2.72. The molecule has 1 aliphatic carbocycles. The minimum absolute atomic E-state index is 0.782. The Kier molecular flexibility index (Phi) is 19.0. The Labute approximate surface area is 379 Å². The average molecular weight is 988 g/mol. The average Bonchev–Trinajstić information content (AvgIpc) is 3.31. The summed E-state index contributed by atoms with van der Waals surface area (Å²) < 4.78 is 50.1. The number of nitrogens with one attached hydrogen (secondary N) is 1. The molecule has 21 N–H and O–H groups in total. The zero-order valence-corrected chi connectivity index (χ0v) is 35.6. The van der Waals surface area contributed by atoms with Crippen LogP contribution >= 0.6 is 0 Å². The highest BCUT2D eigenvalue weighted by Crippen LogP contribution is 2.36. The summed E-state index contributed by atoms with van der Waals surface area (Å²) in [5.74, 6) is -1.30. The van der Waals surface area contributed by atoms with Crippen LogP contribution in [-0.2, 0) is 42.6 Å². The summed E-state index contributed by atoms with van der Waals surface area (Å²) in [7, 11) is 0. The molecule has 30 nitrogen and oxygen atoms in total. The van der Waals surface area contributed by atoms with E-state index in [1.807, 2.05) is 0 Å². The maximum Gasteiger partial charge on any atom is 0.187 e. The lowest BCUT2D eigenvalue weighted by molar-refractivity contribution is -0.391. The van der Waals surface area contributed by atoms with E-state index >= 15 is 0 Å². The van der Waals surface area contributed by atoms with Crippen molar-refractivity contribution >= 4 is 0 Å². The van der Waals surface area contributed by atoms with Gasteiger partial charge in [0.1, 0.15) is 122 Å². The Morgan fingerprint density at radius 2 is 0.657 bits per heavy atom. The lowest BCUT2D eigenvalue weighted by atomic mass is 9.76. The quantitative estimate of drug-likeness (QED) is 0.0724. The van der Waals surface area contributed by atoms with E-state index in [-0.39, 0.29) is 0 Å². The third-order valence-corrected chi connectivity index (χ3v) is 13.2. The fourth-order valence-electron chi connectivity index (χ4n) is 9.20. The third kappa shape index (κ3) is 10.9. The zero-order chi connectivity index (χ0) is 49.5. The van der Waals surface area contributed by atoms with Gasteiger partial charge in [0, 0.05) is 5.92 Å². The van der Waals surface area contributed by atoms with Gasteiger partial charge in [-0.2, -0.15) is 0 Å². The van der Waals surface area contributed by atoms with Crippen molar-refractivity contribution in [3.8, 4) is 0 Å². The predicted molar refractivity (Wildman–Crippen MR) is 204 cm³/mol. The van der Waals surface area contributed by atoms with Crippen LogP contribution in [0.4, 0.5) is 0 Å². The second-order valence-electron chi connectivity index (χ2n) is 17.5. The van der Waals surface area contributed by atoms with E-state index in [1.165, 1.54) is 6.92 Å². The topological polar surface area (TPSA) is 500 Å². The van der Waals surface area contributed by atoms with Crippen molar-refractivity contribution in [2.75, 3.05) is 33.0 Å². The summed E-state index contributed by atoms with van der Waals surface area (Å²) in [6.45, 7) is -3.21. The number of ether oxygens (including phenoxy) is 9. The van der Waals surface area contributed by atoms with E-state index in [9.17, 15) is 102 Å². The Morgan fingerprint density at radius 1 is 0.328 bits per heavy atom. The van der Waals surface area contributed by atoms with Crippen LogP contribution in [0, 0.1) is 5.92 Å². The molecule has 31 atom stereocenters. The first-order chi connectivity index (χ1) is 31.6. The van der Waals surface area contributed by atoms with Gasteiger partial charge in [-0.15, -0.1) is 0 Å². The zero-order valence-electron chi connectivity index (χ0n) is 35.6. The predicted octanol–water partition coefficient (Wildman–Crippen LogP) is -13.9. The summed E-state index contributed by atoms with van der Waals surface area (Å²) in [6.07, 6.45) is -51.4. The Hall–Kier alpha value is -1.20. The first kappa shape index (κ1) is 55.1. The fourth-order valence-corrected chi connectivity index (χ4v) is 9.20. The molecule has 5 heterocycles. The monoisotopic (exact) mass is 987 g/mol. The van der Waals surface area contributed by atoms with Gasteiger partial charge in [0.05, 0.1) is 63.4 Å². The molecule has 392 valence electrons. The lowest BCUT2D eigenvalue weighted by Gasteiger charge is -2.50. The number of hydrogen-bond donors (Lipinski definition) is 21. The van der Waals surface area contributed by atoms with Crippen LogP contribution in [0.5, 0.6) is 0 Å². The molecule has 0 radical (unpaired) electrons. The number of rotatable bonds is 15. The van der Waals surface area contributed by atoms with E-state index in [0.717, 1.165) is 0 Å². The summed E-state index contributed by atoms with van der Waals surface area (Å²) in [5, 5.41) is 213. The normalized spacial score (nSPS) is 54.5. The van der Waals surface area contributed by atoms with Crippen LogP contribution in [0.25, 0.3) is 0 Å². The highest BCUT2D eigenvalue weighted by molar-refractivity contribution is 5.06. The standard InChI is InChI=1S/C37H65NO29/c1-7-13(38-14-15(44)8(2-39)16(45)19(48)18(14)47)17(46)25(54)34(59-7)64-30-10(4-41)61-36(26(55)21(30)50)66-32-12(6-43)63-37(28(57)23(32)52)67-31-11(5-42)62-35(27(56)22(31)51)65-29-9(3-40)60-33(58)24(53)20(29)49/h7-58H,2-6H2,1H3/t7-,8+,9-,10-,11-,12-,13-,14+,15-,16-,17+,18+,19+,20-,21-,22-,23-,24-,25-,26-,27-,28-,29-,30-,31-,32-,33?,34-,35-,36-,37-/m1/s1. The second-order valence-corrected chi connectivity index (χ2v) is 17.5. The van der Waals surface area contributed by atoms with Crippen LogP contribution < -0.4 is 5.32 Å². The van der Waals surface area contributed by atoms with Gasteiger partial charge in [-0.05, 0) is 6.92 Å². The Bertz CT molecular complexity index is 1520. The molecule has 5 saturated heterocycles. The van der Waals surface area contributed by atoms with E-state index in [2.05, 4.69) is 5.32 Å². The van der Waals surface area contributed by atoms with E-state index in [4.69, 9.17) is 42.6 Å². The summed E-state index contributed by atoms with van der Waals surface area (Å²) in [4.78, 5) is 0. The van der Waals surface area contributed by atoms with Gasteiger partial charge in [0.15, 0.2) is 31.5 Å². The van der Waals surface area contributed by atoms with Crippen LogP contribution in [0.2, 0.25) is 0 Å². The highest BCUT2D eigenvalue weighted by Gasteiger charge is 2.57. The maximum atomic E-state index is 11.2. The van der Waals surface area contributed by atoms with Gasteiger partial charge in [0.2, 0.25) is 0 Å². The summed E-state index contributed by atoms with van der Waals surface area (Å²) in [5.41, 5.74) is 0. The van der Waals surface area contributed by atoms with Crippen LogP contribution in [-0.4, -0.2) is 319 Å². The molecule has 0 spiro atoms. The van der Waals surface area contributed by atoms with Gasteiger partial charge >= 0.3 is 0 Å². The molecular weight excluding hydrogens is 922 g/mol. The van der Waals surface area contributed by atoms with Crippen LogP contribution in [0.1, 0.15) is 6.92 Å². The molecule has 0 bridgehead atoms. The largest absolute Gasteiger partial charge is 0.396 e.